The van der Waals surface area contributed by atoms with Crippen LogP contribution in [0.2, 0.25) is 0 Å². The first-order valence-electron chi connectivity index (χ1n) is 6.44. The SMILES string of the molecule is COc1cccc(/C=C2\C(=O)N(C)c3ccccc32)c1. The number of hydrogen-bond acceptors (Lipinski definition) is 2. The van der Waals surface area contributed by atoms with Gasteiger partial charge in [-0.1, -0.05) is 30.3 Å². The van der Waals surface area contributed by atoms with E-state index < -0.39 is 0 Å². The summed E-state index contributed by atoms with van der Waals surface area (Å²) in [5.41, 5.74) is 3.60. The molecule has 1 amide bonds. The lowest BCUT2D eigenvalue weighted by Crippen LogP contribution is -2.20. The number of carbonyl (C=O) groups excluding carboxylic acids is 1. The van der Waals surface area contributed by atoms with E-state index in [4.69, 9.17) is 4.74 Å². The van der Waals surface area contributed by atoms with Crippen LogP contribution in [-0.4, -0.2) is 20.1 Å². The average Bonchev–Trinajstić information content (AvgIpc) is 2.73. The van der Waals surface area contributed by atoms with Crippen molar-refractivity contribution in [1.82, 2.24) is 0 Å². The summed E-state index contributed by atoms with van der Waals surface area (Å²) in [5, 5.41) is 0. The quantitative estimate of drug-likeness (QED) is 0.780. The highest BCUT2D eigenvalue weighted by Crippen LogP contribution is 2.36. The molecule has 20 heavy (non-hydrogen) atoms. The summed E-state index contributed by atoms with van der Waals surface area (Å²) in [7, 11) is 3.43. The van der Waals surface area contributed by atoms with E-state index in [2.05, 4.69) is 0 Å². The Hall–Kier alpha value is -2.55. The average molecular weight is 265 g/mol. The van der Waals surface area contributed by atoms with Gasteiger partial charge in [-0.15, -0.1) is 0 Å². The predicted molar refractivity (Wildman–Crippen MR) is 80.7 cm³/mol. The van der Waals surface area contributed by atoms with Gasteiger partial charge in [0.1, 0.15) is 5.75 Å². The van der Waals surface area contributed by atoms with Crippen LogP contribution in [0, 0.1) is 0 Å². The van der Waals surface area contributed by atoms with Crippen molar-refractivity contribution in [3.05, 3.63) is 59.7 Å². The van der Waals surface area contributed by atoms with Crippen molar-refractivity contribution in [1.29, 1.82) is 0 Å². The second-order valence-corrected chi connectivity index (χ2v) is 4.72. The Labute approximate surface area is 118 Å². The fraction of sp³-hybridized carbons (Fsp3) is 0.118. The molecule has 100 valence electrons. The number of anilines is 1. The van der Waals surface area contributed by atoms with E-state index in [0.29, 0.717) is 0 Å². The summed E-state index contributed by atoms with van der Waals surface area (Å²) in [5.74, 6) is 0.806. The molecule has 0 radical (unpaired) electrons. The van der Waals surface area contributed by atoms with Gasteiger partial charge in [0.05, 0.1) is 12.8 Å². The minimum Gasteiger partial charge on any atom is -0.497 e. The van der Waals surface area contributed by atoms with Crippen LogP contribution < -0.4 is 9.64 Å². The number of ether oxygens (including phenoxy) is 1. The van der Waals surface area contributed by atoms with Gasteiger partial charge in [0.25, 0.3) is 5.91 Å². The summed E-state index contributed by atoms with van der Waals surface area (Å²) >= 11 is 0. The van der Waals surface area contributed by atoms with E-state index >= 15 is 0 Å². The topological polar surface area (TPSA) is 29.5 Å². The number of amides is 1. The fourth-order valence-electron chi connectivity index (χ4n) is 2.44. The molecule has 1 aliphatic heterocycles. The molecule has 0 fully saturated rings. The predicted octanol–water partition coefficient (Wildman–Crippen LogP) is 3.21. The Morgan fingerprint density at radius 1 is 1.10 bits per heavy atom. The summed E-state index contributed by atoms with van der Waals surface area (Å²) in [6.07, 6.45) is 1.91. The standard InChI is InChI=1S/C17H15NO2/c1-18-16-9-4-3-8-14(16)15(17(18)19)11-12-6-5-7-13(10-12)20-2/h3-11H,1-2H3/b15-11-. The molecule has 0 saturated heterocycles. The number of hydrogen-bond donors (Lipinski definition) is 0. The normalized spacial score (nSPS) is 15.6. The molecular formula is C17H15NO2. The number of likely N-dealkylation sites (N-methyl/N-ethyl adjacent to an activating group) is 1. The van der Waals surface area contributed by atoms with E-state index in [0.717, 1.165) is 28.1 Å². The van der Waals surface area contributed by atoms with Crippen LogP contribution in [0.3, 0.4) is 0 Å². The maximum atomic E-state index is 12.3. The van der Waals surface area contributed by atoms with Crippen molar-refractivity contribution >= 4 is 23.2 Å². The van der Waals surface area contributed by atoms with E-state index in [1.54, 1.807) is 19.1 Å². The molecule has 2 aromatic rings. The number of nitrogens with zero attached hydrogens (tertiary/aromatic N) is 1. The number of carbonyl (C=O) groups is 1. The molecule has 0 bridgehead atoms. The zero-order chi connectivity index (χ0) is 14.1. The van der Waals surface area contributed by atoms with Gasteiger partial charge in [-0.2, -0.15) is 0 Å². The number of methoxy groups -OCH3 is 1. The van der Waals surface area contributed by atoms with E-state index in [9.17, 15) is 4.79 Å². The molecule has 0 aliphatic carbocycles. The Morgan fingerprint density at radius 3 is 2.70 bits per heavy atom. The lowest BCUT2D eigenvalue weighted by molar-refractivity contribution is -0.112. The lowest BCUT2D eigenvalue weighted by Gasteiger charge is -2.08. The lowest BCUT2D eigenvalue weighted by atomic mass is 10.0. The molecular weight excluding hydrogens is 250 g/mol. The molecule has 0 spiro atoms. The molecule has 0 atom stereocenters. The maximum absolute atomic E-state index is 12.3. The van der Waals surface area contributed by atoms with Crippen molar-refractivity contribution in [3.8, 4) is 5.75 Å². The Balaban J connectivity index is 2.09. The monoisotopic (exact) mass is 265 g/mol. The summed E-state index contributed by atoms with van der Waals surface area (Å²) in [4.78, 5) is 14.0. The van der Waals surface area contributed by atoms with Crippen molar-refractivity contribution in [2.75, 3.05) is 19.1 Å². The molecule has 0 N–H and O–H groups in total. The highest BCUT2D eigenvalue weighted by atomic mass is 16.5. The van der Waals surface area contributed by atoms with Crippen molar-refractivity contribution in [2.24, 2.45) is 0 Å². The van der Waals surface area contributed by atoms with E-state index in [1.165, 1.54) is 0 Å². The van der Waals surface area contributed by atoms with Crippen LogP contribution in [-0.2, 0) is 4.79 Å². The van der Waals surface area contributed by atoms with E-state index in [-0.39, 0.29) is 5.91 Å². The van der Waals surface area contributed by atoms with Gasteiger partial charge >= 0.3 is 0 Å². The highest BCUT2D eigenvalue weighted by Gasteiger charge is 2.28. The number of fused-ring (bicyclic) bond motifs is 1. The number of benzene rings is 2. The van der Waals surface area contributed by atoms with Crippen LogP contribution in [0.4, 0.5) is 5.69 Å². The third kappa shape index (κ3) is 1.97. The Bertz CT molecular complexity index is 704. The van der Waals surface area contributed by atoms with Crippen LogP contribution in [0.5, 0.6) is 5.75 Å². The zero-order valence-electron chi connectivity index (χ0n) is 11.5. The van der Waals surface area contributed by atoms with Gasteiger partial charge < -0.3 is 9.64 Å². The van der Waals surface area contributed by atoms with Crippen molar-refractivity contribution in [3.63, 3.8) is 0 Å². The molecule has 0 saturated carbocycles. The van der Waals surface area contributed by atoms with Gasteiger partial charge in [-0.05, 0) is 29.8 Å². The molecule has 0 unspecified atom stereocenters. The second-order valence-electron chi connectivity index (χ2n) is 4.72. The first-order chi connectivity index (χ1) is 9.70. The third-order valence-electron chi connectivity index (χ3n) is 3.50. The minimum atomic E-state index is 0.0222. The van der Waals surface area contributed by atoms with Gasteiger partial charge in [-0.3, -0.25) is 4.79 Å². The number of rotatable bonds is 2. The van der Waals surface area contributed by atoms with Crippen LogP contribution >= 0.6 is 0 Å². The molecule has 1 heterocycles. The van der Waals surface area contributed by atoms with Gasteiger partial charge in [0.15, 0.2) is 0 Å². The van der Waals surface area contributed by atoms with Gasteiger partial charge in [0.2, 0.25) is 0 Å². The van der Waals surface area contributed by atoms with Crippen molar-refractivity contribution in [2.45, 2.75) is 0 Å². The first kappa shape index (κ1) is 12.5. The molecule has 1 aliphatic rings. The third-order valence-corrected chi connectivity index (χ3v) is 3.50. The fourth-order valence-corrected chi connectivity index (χ4v) is 2.44. The molecule has 3 nitrogen and oxygen atoms in total. The molecule has 2 aromatic carbocycles. The number of para-hydroxylation sites is 1. The van der Waals surface area contributed by atoms with Gasteiger partial charge in [0, 0.05) is 18.2 Å². The van der Waals surface area contributed by atoms with Crippen LogP contribution in [0.25, 0.3) is 11.6 Å². The van der Waals surface area contributed by atoms with Crippen molar-refractivity contribution < 1.29 is 9.53 Å². The van der Waals surface area contributed by atoms with Gasteiger partial charge in [-0.25, -0.2) is 0 Å². The zero-order valence-corrected chi connectivity index (χ0v) is 11.5. The second kappa shape index (κ2) is 4.85. The Morgan fingerprint density at radius 2 is 1.90 bits per heavy atom. The highest BCUT2D eigenvalue weighted by molar-refractivity contribution is 6.35. The maximum Gasteiger partial charge on any atom is 0.258 e. The molecule has 0 aromatic heterocycles. The summed E-state index contributed by atoms with van der Waals surface area (Å²) in [6.45, 7) is 0. The van der Waals surface area contributed by atoms with E-state index in [1.807, 2.05) is 54.6 Å². The first-order valence-corrected chi connectivity index (χ1v) is 6.44. The minimum absolute atomic E-state index is 0.0222. The summed E-state index contributed by atoms with van der Waals surface area (Å²) in [6, 6.07) is 15.5. The van der Waals surface area contributed by atoms with Crippen LogP contribution in [0.15, 0.2) is 48.5 Å². The molecule has 3 heteroatoms. The largest absolute Gasteiger partial charge is 0.497 e. The van der Waals surface area contributed by atoms with Crippen LogP contribution in [0.1, 0.15) is 11.1 Å². The smallest absolute Gasteiger partial charge is 0.258 e. The summed E-state index contributed by atoms with van der Waals surface area (Å²) < 4.78 is 5.21. The Kier molecular flexibility index (Phi) is 3.03. The molecule has 3 rings (SSSR count).